The van der Waals surface area contributed by atoms with Crippen LogP contribution in [0.4, 0.5) is 0 Å². The standard InChI is InChI=1S/C15H31BrN2/c1-6-14-12-17(5)8-7-9-18(14)11-13(10-16)15(2,3)4/h13-14H,6-12H2,1-5H3. The first-order chi connectivity index (χ1) is 8.38. The SMILES string of the molecule is CCC1CN(C)CCCN1CC(CBr)C(C)(C)C. The van der Waals surface area contributed by atoms with Gasteiger partial charge in [0.15, 0.2) is 0 Å². The van der Waals surface area contributed by atoms with E-state index in [1.165, 1.54) is 39.0 Å². The Kier molecular flexibility index (Phi) is 6.63. The molecule has 1 aliphatic heterocycles. The fourth-order valence-corrected chi connectivity index (χ4v) is 3.93. The number of nitrogens with zero attached hydrogens (tertiary/aromatic N) is 2. The van der Waals surface area contributed by atoms with Crippen LogP contribution < -0.4 is 0 Å². The van der Waals surface area contributed by atoms with Crippen molar-refractivity contribution >= 4 is 15.9 Å². The third-order valence-corrected chi connectivity index (χ3v) is 5.14. The summed E-state index contributed by atoms with van der Waals surface area (Å²) in [6, 6.07) is 0.737. The van der Waals surface area contributed by atoms with Gasteiger partial charge in [-0.25, -0.2) is 0 Å². The molecule has 1 saturated heterocycles. The first-order valence-electron chi connectivity index (χ1n) is 7.37. The number of likely N-dealkylation sites (N-methyl/N-ethyl adjacent to an activating group) is 1. The van der Waals surface area contributed by atoms with Crippen LogP contribution in [0.5, 0.6) is 0 Å². The zero-order valence-electron chi connectivity index (χ0n) is 12.9. The molecule has 0 bridgehead atoms. The summed E-state index contributed by atoms with van der Waals surface area (Å²) in [5, 5.41) is 1.11. The van der Waals surface area contributed by atoms with Crippen molar-refractivity contribution in [2.24, 2.45) is 11.3 Å². The molecule has 0 aromatic rings. The Morgan fingerprint density at radius 2 is 1.94 bits per heavy atom. The van der Waals surface area contributed by atoms with Crippen LogP contribution in [0.1, 0.15) is 40.5 Å². The van der Waals surface area contributed by atoms with E-state index in [1.54, 1.807) is 0 Å². The molecule has 0 spiro atoms. The largest absolute Gasteiger partial charge is 0.305 e. The molecular formula is C15H31BrN2. The van der Waals surface area contributed by atoms with Crippen LogP contribution in [0.15, 0.2) is 0 Å². The molecule has 0 radical (unpaired) electrons. The number of alkyl halides is 1. The van der Waals surface area contributed by atoms with Crippen LogP contribution in [0.25, 0.3) is 0 Å². The van der Waals surface area contributed by atoms with E-state index in [0.717, 1.165) is 17.3 Å². The smallest absolute Gasteiger partial charge is 0.0220 e. The van der Waals surface area contributed by atoms with E-state index in [-0.39, 0.29) is 0 Å². The average Bonchev–Trinajstić information content (AvgIpc) is 2.45. The van der Waals surface area contributed by atoms with Gasteiger partial charge in [0.2, 0.25) is 0 Å². The molecule has 1 rings (SSSR count). The normalized spacial score (nSPS) is 26.0. The molecule has 1 fully saturated rings. The molecule has 108 valence electrons. The van der Waals surface area contributed by atoms with E-state index in [1.807, 2.05) is 0 Å². The molecule has 2 atom stereocenters. The Hall–Kier alpha value is 0.400. The van der Waals surface area contributed by atoms with E-state index in [0.29, 0.717) is 5.41 Å². The predicted octanol–water partition coefficient (Wildman–Crippen LogP) is 3.46. The molecule has 1 aliphatic rings. The summed E-state index contributed by atoms with van der Waals surface area (Å²) in [5.74, 6) is 0.731. The van der Waals surface area contributed by atoms with Gasteiger partial charge >= 0.3 is 0 Å². The molecule has 1 heterocycles. The van der Waals surface area contributed by atoms with Crippen molar-refractivity contribution in [3.8, 4) is 0 Å². The number of hydrogen-bond donors (Lipinski definition) is 0. The van der Waals surface area contributed by atoms with E-state index < -0.39 is 0 Å². The van der Waals surface area contributed by atoms with Crippen LogP contribution in [0, 0.1) is 11.3 Å². The number of hydrogen-bond acceptors (Lipinski definition) is 2. The van der Waals surface area contributed by atoms with Crippen LogP contribution in [0.3, 0.4) is 0 Å². The molecule has 0 N–H and O–H groups in total. The Morgan fingerprint density at radius 3 is 2.44 bits per heavy atom. The van der Waals surface area contributed by atoms with Gasteiger partial charge in [-0.15, -0.1) is 0 Å². The van der Waals surface area contributed by atoms with Crippen LogP contribution in [0.2, 0.25) is 0 Å². The predicted molar refractivity (Wildman–Crippen MR) is 84.5 cm³/mol. The van der Waals surface area contributed by atoms with E-state index >= 15 is 0 Å². The molecule has 18 heavy (non-hydrogen) atoms. The maximum atomic E-state index is 3.71. The maximum Gasteiger partial charge on any atom is 0.0220 e. The Bertz CT molecular complexity index is 237. The minimum absolute atomic E-state index is 0.389. The summed E-state index contributed by atoms with van der Waals surface area (Å²) in [6.45, 7) is 14.4. The molecule has 0 aromatic heterocycles. The van der Waals surface area contributed by atoms with Crippen molar-refractivity contribution in [3.63, 3.8) is 0 Å². The van der Waals surface area contributed by atoms with E-state index in [9.17, 15) is 0 Å². The Balaban J connectivity index is 2.67. The zero-order valence-corrected chi connectivity index (χ0v) is 14.5. The fourth-order valence-electron chi connectivity index (χ4n) is 2.76. The molecule has 0 saturated carbocycles. The first kappa shape index (κ1) is 16.5. The van der Waals surface area contributed by atoms with Gasteiger partial charge < -0.3 is 4.90 Å². The molecule has 0 aliphatic carbocycles. The summed E-state index contributed by atoms with van der Waals surface area (Å²) in [5.41, 5.74) is 0.389. The van der Waals surface area contributed by atoms with Gasteiger partial charge in [0.25, 0.3) is 0 Å². The lowest BCUT2D eigenvalue weighted by molar-refractivity contribution is 0.122. The number of rotatable bonds is 4. The summed E-state index contributed by atoms with van der Waals surface area (Å²) < 4.78 is 0. The van der Waals surface area contributed by atoms with Crippen molar-refractivity contribution in [1.82, 2.24) is 9.80 Å². The van der Waals surface area contributed by atoms with Gasteiger partial charge in [0.05, 0.1) is 0 Å². The lowest BCUT2D eigenvalue weighted by Crippen LogP contribution is -2.44. The zero-order chi connectivity index (χ0) is 13.8. The van der Waals surface area contributed by atoms with E-state index in [4.69, 9.17) is 0 Å². The quantitative estimate of drug-likeness (QED) is 0.732. The molecule has 0 amide bonds. The summed E-state index contributed by atoms with van der Waals surface area (Å²) in [7, 11) is 2.26. The Morgan fingerprint density at radius 1 is 1.28 bits per heavy atom. The third kappa shape index (κ3) is 4.82. The van der Waals surface area contributed by atoms with Gasteiger partial charge in [-0.1, -0.05) is 43.6 Å². The van der Waals surface area contributed by atoms with Gasteiger partial charge in [-0.2, -0.15) is 0 Å². The molecule has 3 heteroatoms. The highest BCUT2D eigenvalue weighted by Crippen LogP contribution is 2.29. The highest BCUT2D eigenvalue weighted by Gasteiger charge is 2.29. The highest BCUT2D eigenvalue weighted by atomic mass is 79.9. The first-order valence-corrected chi connectivity index (χ1v) is 8.49. The van der Waals surface area contributed by atoms with Crippen molar-refractivity contribution in [2.45, 2.75) is 46.6 Å². The van der Waals surface area contributed by atoms with Gasteiger partial charge in [0.1, 0.15) is 0 Å². The monoisotopic (exact) mass is 318 g/mol. The third-order valence-electron chi connectivity index (χ3n) is 4.36. The summed E-state index contributed by atoms with van der Waals surface area (Å²) in [6.07, 6.45) is 2.58. The van der Waals surface area contributed by atoms with Crippen molar-refractivity contribution in [1.29, 1.82) is 0 Å². The van der Waals surface area contributed by atoms with Crippen LogP contribution in [-0.2, 0) is 0 Å². The molecule has 2 unspecified atom stereocenters. The number of halogens is 1. The van der Waals surface area contributed by atoms with Crippen molar-refractivity contribution in [3.05, 3.63) is 0 Å². The lowest BCUT2D eigenvalue weighted by atomic mass is 9.81. The molecule has 2 nitrogen and oxygen atoms in total. The maximum absolute atomic E-state index is 3.71. The Labute approximate surface area is 122 Å². The highest BCUT2D eigenvalue weighted by molar-refractivity contribution is 9.09. The lowest BCUT2D eigenvalue weighted by Gasteiger charge is -2.37. The minimum atomic E-state index is 0.389. The minimum Gasteiger partial charge on any atom is -0.305 e. The molecule has 0 aromatic carbocycles. The summed E-state index contributed by atoms with van der Waals surface area (Å²) >= 11 is 3.71. The second-order valence-corrected chi connectivity index (χ2v) is 7.54. The summed E-state index contributed by atoms with van der Waals surface area (Å²) in [4.78, 5) is 5.23. The second kappa shape index (κ2) is 7.25. The fraction of sp³-hybridized carbons (Fsp3) is 1.00. The average molecular weight is 319 g/mol. The van der Waals surface area contributed by atoms with Crippen LogP contribution in [-0.4, -0.2) is 54.4 Å². The van der Waals surface area contributed by atoms with Crippen molar-refractivity contribution in [2.75, 3.05) is 38.6 Å². The van der Waals surface area contributed by atoms with Crippen LogP contribution >= 0.6 is 15.9 Å². The van der Waals surface area contributed by atoms with Gasteiger partial charge in [-0.3, -0.25) is 4.90 Å². The molecular weight excluding hydrogens is 288 g/mol. The second-order valence-electron chi connectivity index (χ2n) is 6.89. The van der Waals surface area contributed by atoms with E-state index in [2.05, 4.69) is 60.5 Å². The van der Waals surface area contributed by atoms with Crippen molar-refractivity contribution < 1.29 is 0 Å². The van der Waals surface area contributed by atoms with Gasteiger partial charge in [0, 0.05) is 24.5 Å². The van der Waals surface area contributed by atoms with Gasteiger partial charge in [-0.05, 0) is 44.3 Å². The topological polar surface area (TPSA) is 6.48 Å².